The van der Waals surface area contributed by atoms with Crippen LogP contribution in [0.15, 0.2) is 18.3 Å². The number of carbonyl (C=O) groups is 1. The van der Waals surface area contributed by atoms with Gasteiger partial charge in [0.15, 0.2) is 10.8 Å². The van der Waals surface area contributed by atoms with Crippen LogP contribution in [0.1, 0.15) is 15.4 Å². The molecule has 0 aliphatic rings. The van der Waals surface area contributed by atoms with Gasteiger partial charge in [-0.05, 0) is 13.0 Å². The van der Waals surface area contributed by atoms with Crippen molar-refractivity contribution in [3.05, 3.63) is 28.9 Å². The number of aryl methyl sites for hydroxylation is 1. The highest BCUT2D eigenvalue weighted by Crippen LogP contribution is 2.25. The predicted molar refractivity (Wildman–Crippen MR) is 67.9 cm³/mol. The van der Waals surface area contributed by atoms with Crippen LogP contribution >= 0.6 is 11.3 Å². The highest BCUT2D eigenvalue weighted by Gasteiger charge is 2.13. The van der Waals surface area contributed by atoms with Crippen molar-refractivity contribution < 1.29 is 14.6 Å². The zero-order valence-corrected chi connectivity index (χ0v) is 10.6. The Morgan fingerprint density at radius 2 is 2.28 bits per heavy atom. The molecule has 6 nitrogen and oxygen atoms in total. The Balaban J connectivity index is 2.18. The molecule has 0 radical (unpaired) electrons. The number of methoxy groups -OCH3 is 1. The standard InChI is InChI=1S/C11H11N3O3S/c1-6-9(10(15)16)14-11(18-6)13-7-3-4-8(17-2)12-5-7/h3-5H,1-2H3,(H,13,14)(H,15,16). The van der Waals surface area contributed by atoms with Gasteiger partial charge < -0.3 is 15.2 Å². The lowest BCUT2D eigenvalue weighted by Crippen LogP contribution is -1.99. The lowest BCUT2D eigenvalue weighted by molar-refractivity contribution is 0.0690. The maximum Gasteiger partial charge on any atom is 0.355 e. The first kappa shape index (κ1) is 12.3. The predicted octanol–water partition coefficient (Wildman–Crippen LogP) is 2.30. The number of anilines is 2. The third-order valence-corrected chi connectivity index (χ3v) is 3.08. The minimum absolute atomic E-state index is 0.0731. The number of ether oxygens (including phenoxy) is 1. The van der Waals surface area contributed by atoms with E-state index in [1.165, 1.54) is 11.3 Å². The van der Waals surface area contributed by atoms with Gasteiger partial charge in [0.25, 0.3) is 0 Å². The highest BCUT2D eigenvalue weighted by atomic mass is 32.1. The average molecular weight is 265 g/mol. The van der Waals surface area contributed by atoms with Crippen LogP contribution < -0.4 is 10.1 Å². The quantitative estimate of drug-likeness (QED) is 0.882. The number of aromatic nitrogens is 2. The molecule has 0 unspecified atom stereocenters. The molecule has 0 saturated heterocycles. The summed E-state index contributed by atoms with van der Waals surface area (Å²) in [5.41, 5.74) is 0.797. The van der Waals surface area contributed by atoms with Crippen molar-refractivity contribution in [2.45, 2.75) is 6.92 Å². The van der Waals surface area contributed by atoms with Gasteiger partial charge in [-0.2, -0.15) is 0 Å². The van der Waals surface area contributed by atoms with Crippen molar-refractivity contribution in [3.8, 4) is 5.88 Å². The Kier molecular flexibility index (Phi) is 3.42. The smallest absolute Gasteiger partial charge is 0.355 e. The molecular formula is C11H11N3O3S. The molecule has 2 aromatic heterocycles. The van der Waals surface area contributed by atoms with Gasteiger partial charge in [0.2, 0.25) is 5.88 Å². The number of nitrogens with one attached hydrogen (secondary N) is 1. The molecule has 2 heterocycles. The molecule has 0 atom stereocenters. The number of carboxylic acid groups (broad SMARTS) is 1. The first-order valence-corrected chi connectivity index (χ1v) is 5.89. The van der Waals surface area contributed by atoms with Gasteiger partial charge >= 0.3 is 5.97 Å². The summed E-state index contributed by atoms with van der Waals surface area (Å²) in [4.78, 5) is 19.5. The molecule has 0 aliphatic heterocycles. The maximum atomic E-state index is 10.9. The third-order valence-electron chi connectivity index (χ3n) is 2.20. The van der Waals surface area contributed by atoms with Gasteiger partial charge in [-0.15, -0.1) is 11.3 Å². The van der Waals surface area contributed by atoms with Crippen molar-refractivity contribution >= 4 is 28.1 Å². The number of carboxylic acids is 1. The van der Waals surface area contributed by atoms with Gasteiger partial charge in [-0.25, -0.2) is 14.8 Å². The van der Waals surface area contributed by atoms with Crippen molar-refractivity contribution in [1.29, 1.82) is 0 Å². The van der Waals surface area contributed by atoms with Crippen LogP contribution in [0.5, 0.6) is 5.88 Å². The molecule has 0 aromatic carbocycles. The molecule has 0 aliphatic carbocycles. The summed E-state index contributed by atoms with van der Waals surface area (Å²) < 4.78 is 4.94. The van der Waals surface area contributed by atoms with E-state index in [1.54, 1.807) is 32.4 Å². The Labute approximate surface area is 107 Å². The molecule has 7 heteroatoms. The summed E-state index contributed by atoms with van der Waals surface area (Å²) >= 11 is 1.29. The fourth-order valence-electron chi connectivity index (χ4n) is 1.35. The highest BCUT2D eigenvalue weighted by molar-refractivity contribution is 7.15. The molecule has 0 amide bonds. The monoisotopic (exact) mass is 265 g/mol. The molecule has 2 N–H and O–H groups in total. The lowest BCUT2D eigenvalue weighted by atomic mass is 10.4. The molecule has 0 saturated carbocycles. The van der Waals surface area contributed by atoms with E-state index in [-0.39, 0.29) is 5.69 Å². The van der Waals surface area contributed by atoms with Crippen LogP contribution in [0, 0.1) is 6.92 Å². The number of hydrogen-bond acceptors (Lipinski definition) is 6. The number of nitrogens with zero attached hydrogens (tertiary/aromatic N) is 2. The number of rotatable bonds is 4. The fraction of sp³-hybridized carbons (Fsp3) is 0.182. The topological polar surface area (TPSA) is 84.3 Å². The van der Waals surface area contributed by atoms with E-state index in [2.05, 4.69) is 15.3 Å². The van der Waals surface area contributed by atoms with Crippen molar-refractivity contribution in [2.24, 2.45) is 0 Å². The normalized spacial score (nSPS) is 10.1. The molecule has 0 bridgehead atoms. The SMILES string of the molecule is COc1ccc(Nc2nc(C(=O)O)c(C)s2)cn1. The summed E-state index contributed by atoms with van der Waals surface area (Å²) in [5, 5.41) is 12.4. The van der Waals surface area contributed by atoms with Gasteiger partial charge in [-0.1, -0.05) is 0 Å². The van der Waals surface area contributed by atoms with Crippen LogP contribution in [-0.4, -0.2) is 28.2 Å². The summed E-state index contributed by atoms with van der Waals surface area (Å²) in [6, 6.07) is 3.49. The zero-order valence-electron chi connectivity index (χ0n) is 9.80. The fourth-order valence-corrected chi connectivity index (χ4v) is 2.17. The van der Waals surface area contributed by atoms with E-state index in [1.807, 2.05) is 0 Å². The number of hydrogen-bond donors (Lipinski definition) is 2. The molecule has 2 rings (SSSR count). The van der Waals surface area contributed by atoms with Gasteiger partial charge in [0.05, 0.1) is 19.0 Å². The summed E-state index contributed by atoms with van der Waals surface area (Å²) in [6.45, 7) is 1.72. The van der Waals surface area contributed by atoms with Crippen LogP contribution in [0.3, 0.4) is 0 Å². The van der Waals surface area contributed by atoms with Crippen molar-refractivity contribution in [3.63, 3.8) is 0 Å². The third kappa shape index (κ3) is 2.57. The van der Waals surface area contributed by atoms with Gasteiger partial charge in [-0.3, -0.25) is 0 Å². The second kappa shape index (κ2) is 5.01. The van der Waals surface area contributed by atoms with Crippen LogP contribution in [0.25, 0.3) is 0 Å². The first-order chi connectivity index (χ1) is 8.60. The number of aromatic carboxylic acids is 1. The average Bonchev–Trinajstić information content (AvgIpc) is 2.71. The van der Waals surface area contributed by atoms with Crippen LogP contribution in [0.4, 0.5) is 10.8 Å². The summed E-state index contributed by atoms with van der Waals surface area (Å²) in [7, 11) is 1.54. The van der Waals surface area contributed by atoms with Gasteiger partial charge in [0, 0.05) is 10.9 Å². The van der Waals surface area contributed by atoms with Gasteiger partial charge in [0.1, 0.15) is 0 Å². The molecule has 2 aromatic rings. The summed E-state index contributed by atoms with van der Waals surface area (Å²) in [5.74, 6) is -0.508. The van der Waals surface area contributed by atoms with E-state index in [4.69, 9.17) is 9.84 Å². The first-order valence-electron chi connectivity index (χ1n) is 5.08. The minimum Gasteiger partial charge on any atom is -0.481 e. The van der Waals surface area contributed by atoms with Crippen molar-refractivity contribution in [1.82, 2.24) is 9.97 Å². The molecule has 0 spiro atoms. The van der Waals surface area contributed by atoms with E-state index in [9.17, 15) is 4.79 Å². The number of pyridine rings is 1. The Morgan fingerprint density at radius 3 is 2.78 bits per heavy atom. The maximum absolute atomic E-state index is 10.9. The number of thiazole rings is 1. The largest absolute Gasteiger partial charge is 0.481 e. The molecule has 0 fully saturated rings. The molecular weight excluding hydrogens is 254 g/mol. The van der Waals surface area contributed by atoms with Crippen LogP contribution in [-0.2, 0) is 0 Å². The van der Waals surface area contributed by atoms with Crippen molar-refractivity contribution in [2.75, 3.05) is 12.4 Å². The van der Waals surface area contributed by atoms with E-state index in [0.717, 1.165) is 5.69 Å². The van der Waals surface area contributed by atoms with Crippen LogP contribution in [0.2, 0.25) is 0 Å². The summed E-state index contributed by atoms with van der Waals surface area (Å²) in [6.07, 6.45) is 1.59. The molecule has 94 valence electrons. The minimum atomic E-state index is -1.02. The Morgan fingerprint density at radius 1 is 1.50 bits per heavy atom. The second-order valence-corrected chi connectivity index (χ2v) is 4.65. The van der Waals surface area contributed by atoms with E-state index in [0.29, 0.717) is 15.9 Å². The lowest BCUT2D eigenvalue weighted by Gasteiger charge is -2.02. The van der Waals surface area contributed by atoms with E-state index < -0.39 is 5.97 Å². The Hall–Kier alpha value is -2.15. The second-order valence-electron chi connectivity index (χ2n) is 3.44. The van der Waals surface area contributed by atoms with E-state index >= 15 is 0 Å². The zero-order chi connectivity index (χ0) is 13.1. The Bertz CT molecular complexity index is 565. The molecule has 18 heavy (non-hydrogen) atoms.